The molecule has 0 saturated carbocycles. The van der Waals surface area contributed by atoms with Crippen LogP contribution in [0.3, 0.4) is 0 Å². The van der Waals surface area contributed by atoms with E-state index in [1.54, 1.807) is 26.4 Å². The molecule has 0 heterocycles. The van der Waals surface area contributed by atoms with E-state index in [1.165, 1.54) is 0 Å². The van der Waals surface area contributed by atoms with E-state index in [0.717, 1.165) is 17.4 Å². The molecular weight excluding hydrogens is 252 g/mol. The third-order valence-corrected chi connectivity index (χ3v) is 2.96. The summed E-state index contributed by atoms with van der Waals surface area (Å²) in [5, 5.41) is 0. The number of aldehydes is 1. The third kappa shape index (κ3) is 3.06. The summed E-state index contributed by atoms with van der Waals surface area (Å²) in [6, 6.07) is 13.4. The molecule has 0 bridgehead atoms. The summed E-state index contributed by atoms with van der Waals surface area (Å²) < 4.78 is 10.5. The predicted molar refractivity (Wildman–Crippen MR) is 80.3 cm³/mol. The Kier molecular flexibility index (Phi) is 4.56. The Hall–Kier alpha value is -2.55. The fourth-order valence-corrected chi connectivity index (χ4v) is 1.92. The number of carbonyl (C=O) groups excluding carboxylic acids is 1. The van der Waals surface area contributed by atoms with Crippen molar-refractivity contribution in [1.82, 2.24) is 0 Å². The molecule has 3 heteroatoms. The van der Waals surface area contributed by atoms with Gasteiger partial charge in [0, 0.05) is 5.56 Å². The van der Waals surface area contributed by atoms with Crippen molar-refractivity contribution in [3.63, 3.8) is 0 Å². The molecular formula is C17H16O3. The van der Waals surface area contributed by atoms with Gasteiger partial charge in [0.2, 0.25) is 0 Å². The molecule has 0 saturated heterocycles. The Morgan fingerprint density at radius 2 is 1.45 bits per heavy atom. The average molecular weight is 268 g/mol. The highest BCUT2D eigenvalue weighted by atomic mass is 16.5. The molecule has 102 valence electrons. The van der Waals surface area contributed by atoms with Gasteiger partial charge in [-0.3, -0.25) is 4.79 Å². The SMILES string of the molecule is COc1cc(/C=C/c2ccccc2)c(OC)cc1C=O. The maximum atomic E-state index is 11.0. The van der Waals surface area contributed by atoms with Crippen LogP contribution in [0.5, 0.6) is 11.5 Å². The van der Waals surface area contributed by atoms with Crippen LogP contribution in [-0.4, -0.2) is 20.5 Å². The second-order valence-corrected chi connectivity index (χ2v) is 4.20. The molecule has 2 aromatic carbocycles. The molecule has 0 amide bonds. The van der Waals surface area contributed by atoms with Crippen LogP contribution < -0.4 is 9.47 Å². The number of benzene rings is 2. The van der Waals surface area contributed by atoms with Crippen molar-refractivity contribution in [3.05, 3.63) is 59.2 Å². The van der Waals surface area contributed by atoms with Crippen molar-refractivity contribution in [1.29, 1.82) is 0 Å². The van der Waals surface area contributed by atoms with Crippen LogP contribution in [-0.2, 0) is 0 Å². The van der Waals surface area contributed by atoms with E-state index in [-0.39, 0.29) is 0 Å². The number of rotatable bonds is 5. The molecule has 0 N–H and O–H groups in total. The van der Waals surface area contributed by atoms with Crippen LogP contribution >= 0.6 is 0 Å². The Balaban J connectivity index is 2.40. The van der Waals surface area contributed by atoms with Crippen molar-refractivity contribution >= 4 is 18.4 Å². The van der Waals surface area contributed by atoms with Gasteiger partial charge < -0.3 is 9.47 Å². The average Bonchev–Trinajstić information content (AvgIpc) is 2.52. The summed E-state index contributed by atoms with van der Waals surface area (Å²) >= 11 is 0. The maximum absolute atomic E-state index is 11.0. The summed E-state index contributed by atoms with van der Waals surface area (Å²) in [6.07, 6.45) is 4.68. The van der Waals surface area contributed by atoms with Gasteiger partial charge in [-0.05, 0) is 17.7 Å². The number of hydrogen-bond donors (Lipinski definition) is 0. The molecule has 0 radical (unpaired) electrons. The van der Waals surface area contributed by atoms with Crippen molar-refractivity contribution in [2.45, 2.75) is 0 Å². The first-order chi connectivity index (χ1) is 9.78. The molecule has 0 aliphatic carbocycles. The molecule has 3 nitrogen and oxygen atoms in total. The van der Waals surface area contributed by atoms with Gasteiger partial charge in [0.1, 0.15) is 11.5 Å². The minimum absolute atomic E-state index is 0.473. The summed E-state index contributed by atoms with van der Waals surface area (Å²) in [6.45, 7) is 0. The van der Waals surface area contributed by atoms with Crippen molar-refractivity contribution in [2.24, 2.45) is 0 Å². The van der Waals surface area contributed by atoms with Crippen LogP contribution in [0.25, 0.3) is 12.2 Å². The second-order valence-electron chi connectivity index (χ2n) is 4.20. The largest absolute Gasteiger partial charge is 0.496 e. The lowest BCUT2D eigenvalue weighted by Gasteiger charge is -2.10. The molecule has 0 spiro atoms. The minimum atomic E-state index is 0.473. The standard InChI is InChI=1S/C17H16O3/c1-19-16-11-15(12-18)17(20-2)10-14(16)9-8-13-6-4-3-5-7-13/h3-12H,1-2H3/b9-8+. The fraction of sp³-hybridized carbons (Fsp3) is 0.118. The Morgan fingerprint density at radius 1 is 0.850 bits per heavy atom. The molecule has 0 aliphatic heterocycles. The zero-order chi connectivity index (χ0) is 14.4. The van der Waals surface area contributed by atoms with E-state index in [2.05, 4.69) is 0 Å². The van der Waals surface area contributed by atoms with Gasteiger partial charge in [-0.1, -0.05) is 42.5 Å². The highest BCUT2D eigenvalue weighted by molar-refractivity contribution is 5.83. The Bertz CT molecular complexity index is 616. The molecule has 0 fully saturated rings. The topological polar surface area (TPSA) is 35.5 Å². The second kappa shape index (κ2) is 6.57. The van der Waals surface area contributed by atoms with E-state index in [9.17, 15) is 4.79 Å². The molecule has 2 aromatic rings. The lowest BCUT2D eigenvalue weighted by Crippen LogP contribution is -1.95. The highest BCUT2D eigenvalue weighted by Gasteiger charge is 2.08. The number of hydrogen-bond acceptors (Lipinski definition) is 3. The lowest BCUT2D eigenvalue weighted by molar-refractivity contribution is 0.112. The quantitative estimate of drug-likeness (QED) is 0.613. The molecule has 0 atom stereocenters. The monoisotopic (exact) mass is 268 g/mol. The van der Waals surface area contributed by atoms with E-state index >= 15 is 0 Å². The minimum Gasteiger partial charge on any atom is -0.496 e. The summed E-state index contributed by atoms with van der Waals surface area (Å²) in [5.74, 6) is 1.17. The zero-order valence-corrected chi connectivity index (χ0v) is 11.5. The zero-order valence-electron chi connectivity index (χ0n) is 11.5. The van der Waals surface area contributed by atoms with Crippen molar-refractivity contribution < 1.29 is 14.3 Å². The number of methoxy groups -OCH3 is 2. The van der Waals surface area contributed by atoms with Crippen LogP contribution in [0.15, 0.2) is 42.5 Å². The summed E-state index contributed by atoms with van der Waals surface area (Å²) in [5.41, 5.74) is 2.42. The number of carbonyl (C=O) groups is 1. The maximum Gasteiger partial charge on any atom is 0.153 e. The first-order valence-corrected chi connectivity index (χ1v) is 6.23. The van der Waals surface area contributed by atoms with Gasteiger partial charge in [-0.15, -0.1) is 0 Å². The van der Waals surface area contributed by atoms with Gasteiger partial charge in [0.25, 0.3) is 0 Å². The van der Waals surface area contributed by atoms with Gasteiger partial charge in [-0.25, -0.2) is 0 Å². The lowest BCUT2D eigenvalue weighted by atomic mass is 10.1. The van der Waals surface area contributed by atoms with E-state index in [4.69, 9.17) is 9.47 Å². The Morgan fingerprint density at radius 3 is 2.05 bits per heavy atom. The van der Waals surface area contributed by atoms with E-state index < -0.39 is 0 Å². The van der Waals surface area contributed by atoms with E-state index in [0.29, 0.717) is 17.1 Å². The summed E-state index contributed by atoms with van der Waals surface area (Å²) in [4.78, 5) is 11.0. The van der Waals surface area contributed by atoms with Gasteiger partial charge >= 0.3 is 0 Å². The van der Waals surface area contributed by atoms with E-state index in [1.807, 2.05) is 42.5 Å². The Labute approximate surface area is 118 Å². The molecule has 0 aromatic heterocycles. The van der Waals surface area contributed by atoms with Crippen LogP contribution in [0, 0.1) is 0 Å². The van der Waals surface area contributed by atoms with Crippen molar-refractivity contribution in [3.8, 4) is 11.5 Å². The van der Waals surface area contributed by atoms with Gasteiger partial charge in [0.05, 0.1) is 19.8 Å². The fourth-order valence-electron chi connectivity index (χ4n) is 1.92. The predicted octanol–water partition coefficient (Wildman–Crippen LogP) is 3.69. The summed E-state index contributed by atoms with van der Waals surface area (Å²) in [7, 11) is 3.12. The van der Waals surface area contributed by atoms with Crippen LogP contribution in [0.2, 0.25) is 0 Å². The first-order valence-electron chi connectivity index (χ1n) is 6.23. The molecule has 0 unspecified atom stereocenters. The molecule has 0 aliphatic rings. The molecule has 20 heavy (non-hydrogen) atoms. The third-order valence-electron chi connectivity index (χ3n) is 2.96. The first kappa shape index (κ1) is 13.9. The highest BCUT2D eigenvalue weighted by Crippen LogP contribution is 2.29. The smallest absolute Gasteiger partial charge is 0.153 e. The van der Waals surface area contributed by atoms with Crippen molar-refractivity contribution in [2.75, 3.05) is 14.2 Å². The molecule has 2 rings (SSSR count). The van der Waals surface area contributed by atoms with Gasteiger partial charge in [0.15, 0.2) is 6.29 Å². The van der Waals surface area contributed by atoms with Crippen LogP contribution in [0.4, 0.5) is 0 Å². The number of ether oxygens (including phenoxy) is 2. The normalized spacial score (nSPS) is 10.5. The van der Waals surface area contributed by atoms with Crippen LogP contribution in [0.1, 0.15) is 21.5 Å². The van der Waals surface area contributed by atoms with Gasteiger partial charge in [-0.2, -0.15) is 0 Å².